The van der Waals surface area contributed by atoms with Crippen LogP contribution >= 0.6 is 0 Å². The third-order valence-corrected chi connectivity index (χ3v) is 11.4. The van der Waals surface area contributed by atoms with E-state index in [-0.39, 0.29) is 0 Å². The van der Waals surface area contributed by atoms with Crippen molar-refractivity contribution in [2.45, 2.75) is 27.7 Å². The van der Waals surface area contributed by atoms with Gasteiger partial charge in [-0.3, -0.25) is 4.98 Å². The molecular formula is C55H43N5. The number of aliphatic imine (C=N–C) groups is 2. The van der Waals surface area contributed by atoms with E-state index in [0.29, 0.717) is 0 Å². The molecule has 0 amide bonds. The van der Waals surface area contributed by atoms with E-state index in [2.05, 4.69) is 194 Å². The van der Waals surface area contributed by atoms with Crippen molar-refractivity contribution >= 4 is 45.9 Å². The van der Waals surface area contributed by atoms with Crippen molar-refractivity contribution in [2.24, 2.45) is 9.98 Å². The lowest BCUT2D eigenvalue weighted by Gasteiger charge is -2.12. The SMILES string of the molecule is Cc1ccc(C2=C3C=CC(=N3)C(c3ccc(C)cc3)=c3ccc([nH]3)=C(c3ccc(C)cc3)C3=NC(=C(c4ccc(C)cc4)c4cc2[nH]c4/C=C\c2ccccn2)C=C3)cc1. The molecule has 10 rings (SSSR count). The number of rotatable bonds is 6. The van der Waals surface area contributed by atoms with Gasteiger partial charge in [0.1, 0.15) is 0 Å². The van der Waals surface area contributed by atoms with Crippen LogP contribution in [0.1, 0.15) is 67.2 Å². The first kappa shape index (κ1) is 36.7. The van der Waals surface area contributed by atoms with E-state index < -0.39 is 0 Å². The van der Waals surface area contributed by atoms with Gasteiger partial charge in [0.25, 0.3) is 0 Å². The number of pyridine rings is 1. The lowest BCUT2D eigenvalue weighted by atomic mass is 9.93. The molecule has 3 aromatic heterocycles. The minimum atomic E-state index is 0.871. The fraction of sp³-hybridized carbons (Fsp3) is 0.0727. The van der Waals surface area contributed by atoms with Gasteiger partial charge in [0, 0.05) is 56.1 Å². The van der Waals surface area contributed by atoms with Gasteiger partial charge in [-0.2, -0.15) is 0 Å². The Labute approximate surface area is 350 Å². The van der Waals surface area contributed by atoms with Crippen LogP contribution in [0.3, 0.4) is 0 Å². The molecule has 0 saturated heterocycles. The largest absolute Gasteiger partial charge is 0.354 e. The molecule has 60 heavy (non-hydrogen) atoms. The molecule has 3 aliphatic rings. The molecule has 4 aromatic carbocycles. The normalized spacial score (nSPS) is 14.8. The number of H-pyrrole nitrogens is 2. The van der Waals surface area contributed by atoms with Crippen molar-refractivity contribution in [1.29, 1.82) is 0 Å². The first-order valence-electron chi connectivity index (χ1n) is 20.4. The van der Waals surface area contributed by atoms with Crippen LogP contribution in [0.5, 0.6) is 0 Å². The zero-order chi connectivity index (χ0) is 40.7. The average Bonchev–Trinajstić information content (AvgIpc) is 4.11. The highest BCUT2D eigenvalue weighted by Gasteiger charge is 2.25. The zero-order valence-corrected chi connectivity index (χ0v) is 34.1. The highest BCUT2D eigenvalue weighted by Crippen LogP contribution is 2.39. The van der Waals surface area contributed by atoms with Gasteiger partial charge in [-0.1, -0.05) is 125 Å². The Kier molecular flexibility index (Phi) is 9.34. The predicted octanol–water partition coefficient (Wildman–Crippen LogP) is 10.8. The summed E-state index contributed by atoms with van der Waals surface area (Å²) >= 11 is 0. The van der Waals surface area contributed by atoms with Gasteiger partial charge in [-0.25, -0.2) is 9.98 Å². The van der Waals surface area contributed by atoms with Crippen molar-refractivity contribution in [1.82, 2.24) is 15.0 Å². The van der Waals surface area contributed by atoms with E-state index in [4.69, 9.17) is 9.98 Å². The minimum absolute atomic E-state index is 0.871. The lowest BCUT2D eigenvalue weighted by Crippen LogP contribution is -2.21. The Bertz CT molecular complexity index is 3160. The van der Waals surface area contributed by atoms with Gasteiger partial charge in [-0.05, 0) is 117 Å². The van der Waals surface area contributed by atoms with Gasteiger partial charge in [0.2, 0.25) is 0 Å². The zero-order valence-electron chi connectivity index (χ0n) is 34.1. The summed E-state index contributed by atoms with van der Waals surface area (Å²) in [5.74, 6) is 0. The van der Waals surface area contributed by atoms with Crippen LogP contribution in [0.2, 0.25) is 0 Å². The Balaban J connectivity index is 1.34. The Hall–Kier alpha value is -7.63. The van der Waals surface area contributed by atoms with Crippen molar-refractivity contribution < 1.29 is 0 Å². The fourth-order valence-corrected chi connectivity index (χ4v) is 8.20. The van der Waals surface area contributed by atoms with Gasteiger partial charge in [-0.15, -0.1) is 0 Å². The number of hydrogen-bond acceptors (Lipinski definition) is 3. The summed E-state index contributed by atoms with van der Waals surface area (Å²) in [6, 6.07) is 47.5. The summed E-state index contributed by atoms with van der Waals surface area (Å²) in [5, 5.41) is 1.96. The molecule has 0 saturated carbocycles. The maximum atomic E-state index is 5.54. The third-order valence-electron chi connectivity index (χ3n) is 11.4. The molecule has 6 heterocycles. The average molecular weight is 774 g/mol. The second kappa shape index (κ2) is 15.3. The molecule has 0 atom stereocenters. The van der Waals surface area contributed by atoms with Gasteiger partial charge >= 0.3 is 0 Å². The van der Waals surface area contributed by atoms with E-state index in [9.17, 15) is 0 Å². The molecule has 288 valence electrons. The monoisotopic (exact) mass is 773 g/mol. The summed E-state index contributed by atoms with van der Waals surface area (Å²) < 4.78 is 0. The number of nitrogens with zero attached hydrogens (tertiary/aromatic N) is 3. The Morgan fingerprint density at radius 2 is 0.900 bits per heavy atom. The molecule has 0 fully saturated rings. The number of aromatic nitrogens is 3. The fourth-order valence-electron chi connectivity index (χ4n) is 8.20. The van der Waals surface area contributed by atoms with E-state index in [1.54, 1.807) is 0 Å². The third kappa shape index (κ3) is 7.01. The van der Waals surface area contributed by atoms with E-state index in [1.807, 2.05) is 24.4 Å². The number of allylic oxidation sites excluding steroid dienone is 4. The van der Waals surface area contributed by atoms with Crippen molar-refractivity contribution in [3.05, 3.63) is 253 Å². The molecule has 3 aliphatic heterocycles. The summed E-state index contributed by atoms with van der Waals surface area (Å²) in [5.41, 5.74) is 20.5. The summed E-state index contributed by atoms with van der Waals surface area (Å²) in [6.45, 7) is 8.50. The topological polar surface area (TPSA) is 69.2 Å². The predicted molar refractivity (Wildman–Crippen MR) is 249 cm³/mol. The molecule has 2 N–H and O–H groups in total. The van der Waals surface area contributed by atoms with Crippen LogP contribution in [-0.2, 0) is 0 Å². The number of aromatic amines is 2. The summed E-state index contributed by atoms with van der Waals surface area (Å²) in [6.07, 6.45) is 14.7. The maximum Gasteiger partial charge on any atom is 0.0737 e. The number of aryl methyl sites for hydroxylation is 4. The van der Waals surface area contributed by atoms with E-state index >= 15 is 0 Å². The van der Waals surface area contributed by atoms with Gasteiger partial charge in [0.15, 0.2) is 0 Å². The van der Waals surface area contributed by atoms with Crippen LogP contribution in [0.4, 0.5) is 0 Å². The molecule has 0 radical (unpaired) electrons. The molecule has 0 unspecified atom stereocenters. The lowest BCUT2D eigenvalue weighted by molar-refractivity contribution is 1.25. The second-order valence-electron chi connectivity index (χ2n) is 15.8. The molecule has 7 aromatic rings. The standard InChI is InChI=1S/C55H43N5/c1-34-8-16-38(17-9-34)52-43-33-51(57-44(43)25-24-42-7-5-6-32-56-42)55(41-22-14-37(4)15-23-41)50-31-30-49(60-50)54(40-20-12-36(3)13-21-40)48-29-28-47(59-48)53(46-27-26-45(52)58-46)39-18-10-35(2)11-19-39/h5-33,57,59H,1-4H3/b25-24-,52-45?,53-47?,54-48?,55-50?. The van der Waals surface area contributed by atoms with Crippen molar-refractivity contribution in [3.63, 3.8) is 0 Å². The number of hydrogen-bond donors (Lipinski definition) is 2. The van der Waals surface area contributed by atoms with Crippen LogP contribution in [0.15, 0.2) is 185 Å². The molecule has 0 spiro atoms. The van der Waals surface area contributed by atoms with Gasteiger partial charge in [0.05, 0.1) is 28.5 Å². The first-order valence-corrected chi connectivity index (χ1v) is 20.4. The number of fused-ring (bicyclic) bond motifs is 6. The number of benzene rings is 4. The summed E-state index contributed by atoms with van der Waals surface area (Å²) in [7, 11) is 0. The second-order valence-corrected chi connectivity index (χ2v) is 15.8. The summed E-state index contributed by atoms with van der Waals surface area (Å²) in [4.78, 5) is 23.4. The van der Waals surface area contributed by atoms with Crippen LogP contribution < -0.4 is 10.7 Å². The molecule has 8 bridgehead atoms. The first-order chi connectivity index (χ1) is 29.3. The van der Waals surface area contributed by atoms with Crippen LogP contribution in [0.25, 0.3) is 34.4 Å². The molecule has 5 nitrogen and oxygen atoms in total. The van der Waals surface area contributed by atoms with E-state index in [0.717, 1.165) is 101 Å². The van der Waals surface area contributed by atoms with Crippen molar-refractivity contribution in [3.8, 4) is 0 Å². The minimum Gasteiger partial charge on any atom is -0.354 e. The molecular weight excluding hydrogens is 731 g/mol. The van der Waals surface area contributed by atoms with Crippen LogP contribution in [0, 0.1) is 27.7 Å². The number of nitrogens with one attached hydrogen (secondary N) is 2. The van der Waals surface area contributed by atoms with Crippen LogP contribution in [-0.4, -0.2) is 26.4 Å². The van der Waals surface area contributed by atoms with Crippen molar-refractivity contribution in [2.75, 3.05) is 0 Å². The van der Waals surface area contributed by atoms with E-state index in [1.165, 1.54) is 22.3 Å². The molecule has 0 aliphatic carbocycles. The van der Waals surface area contributed by atoms with Gasteiger partial charge < -0.3 is 9.97 Å². The highest BCUT2D eigenvalue weighted by molar-refractivity contribution is 6.31. The Morgan fingerprint density at radius 1 is 0.433 bits per heavy atom. The highest BCUT2D eigenvalue weighted by atomic mass is 14.8. The Morgan fingerprint density at radius 3 is 1.38 bits per heavy atom. The smallest absolute Gasteiger partial charge is 0.0737 e. The maximum absolute atomic E-state index is 5.54. The molecule has 5 heteroatoms. The quantitative estimate of drug-likeness (QED) is 0.174.